The van der Waals surface area contributed by atoms with Crippen LogP contribution in [0.5, 0.6) is 0 Å². The van der Waals surface area contributed by atoms with Gasteiger partial charge in [0.1, 0.15) is 0 Å². The van der Waals surface area contributed by atoms with Crippen molar-refractivity contribution in [2.75, 3.05) is 38.5 Å². The molecule has 3 rings (SSSR count). The van der Waals surface area contributed by atoms with Crippen LogP contribution in [0.3, 0.4) is 0 Å². The molecular weight excluding hydrogens is 328 g/mol. The Morgan fingerprint density at radius 1 is 0.923 bits per heavy atom. The van der Waals surface area contributed by atoms with Crippen LogP contribution in [0.4, 0.5) is 10.5 Å². The monoisotopic (exact) mass is 352 g/mol. The van der Waals surface area contributed by atoms with Gasteiger partial charge in [-0.15, -0.1) is 0 Å². The first kappa shape index (κ1) is 17.9. The number of piperazine rings is 1. The minimum atomic E-state index is -0.271. The highest BCUT2D eigenvalue weighted by Crippen LogP contribution is 2.13. The van der Waals surface area contributed by atoms with Crippen LogP contribution in [-0.4, -0.2) is 55.0 Å². The highest BCUT2D eigenvalue weighted by molar-refractivity contribution is 5.95. The number of amides is 3. The van der Waals surface area contributed by atoms with Crippen LogP contribution in [0.1, 0.15) is 15.9 Å². The van der Waals surface area contributed by atoms with Gasteiger partial charge < -0.3 is 20.4 Å². The van der Waals surface area contributed by atoms with E-state index in [1.165, 1.54) is 0 Å². The normalized spacial score (nSPS) is 14.7. The Morgan fingerprint density at radius 3 is 2.23 bits per heavy atom. The standard InChI is InChI=1S/C20H24N4O2/c1-23-11-13-24(14-12-23)19(25)17-7-9-18(10-8-17)22-20(26)21-15-16-5-3-2-4-6-16/h2-10H,11-15H2,1H3,(H2,21,22,26). The number of rotatable bonds is 4. The van der Waals surface area contributed by atoms with Crippen LogP contribution in [0.15, 0.2) is 54.6 Å². The third-order valence-corrected chi connectivity index (χ3v) is 4.48. The van der Waals surface area contributed by atoms with Crippen LogP contribution < -0.4 is 10.6 Å². The predicted molar refractivity (Wildman–Crippen MR) is 102 cm³/mol. The number of hydrogen-bond acceptors (Lipinski definition) is 3. The van der Waals surface area contributed by atoms with Crippen molar-refractivity contribution in [1.29, 1.82) is 0 Å². The van der Waals surface area contributed by atoms with Gasteiger partial charge in [0.05, 0.1) is 0 Å². The van der Waals surface area contributed by atoms with Gasteiger partial charge in [-0.05, 0) is 36.9 Å². The molecule has 1 fully saturated rings. The third kappa shape index (κ3) is 4.83. The van der Waals surface area contributed by atoms with Crippen LogP contribution in [0.2, 0.25) is 0 Å². The lowest BCUT2D eigenvalue weighted by Crippen LogP contribution is -2.47. The van der Waals surface area contributed by atoms with Crippen LogP contribution >= 0.6 is 0 Å². The van der Waals surface area contributed by atoms with Gasteiger partial charge in [-0.1, -0.05) is 30.3 Å². The van der Waals surface area contributed by atoms with E-state index in [-0.39, 0.29) is 11.9 Å². The lowest BCUT2D eigenvalue weighted by Gasteiger charge is -2.32. The zero-order chi connectivity index (χ0) is 18.4. The van der Waals surface area contributed by atoms with Crippen LogP contribution in [0.25, 0.3) is 0 Å². The number of carbonyl (C=O) groups excluding carboxylic acids is 2. The molecule has 1 heterocycles. The second kappa shape index (κ2) is 8.49. The third-order valence-electron chi connectivity index (χ3n) is 4.48. The second-order valence-electron chi connectivity index (χ2n) is 6.47. The molecule has 2 aromatic carbocycles. The Hall–Kier alpha value is -2.86. The maximum Gasteiger partial charge on any atom is 0.319 e. The molecule has 0 atom stereocenters. The summed E-state index contributed by atoms with van der Waals surface area (Å²) in [6, 6.07) is 16.5. The Balaban J connectivity index is 1.51. The van der Waals surface area contributed by atoms with Gasteiger partial charge in [-0.2, -0.15) is 0 Å². The average Bonchev–Trinajstić information content (AvgIpc) is 2.68. The molecule has 0 aliphatic carbocycles. The summed E-state index contributed by atoms with van der Waals surface area (Å²) >= 11 is 0. The molecule has 6 heteroatoms. The van der Waals surface area contributed by atoms with Crippen molar-refractivity contribution in [3.63, 3.8) is 0 Å². The molecule has 0 bridgehead atoms. The van der Waals surface area contributed by atoms with Crippen molar-refractivity contribution in [3.8, 4) is 0 Å². The predicted octanol–water partition coefficient (Wildman–Crippen LogP) is 2.40. The maximum absolute atomic E-state index is 12.5. The van der Waals surface area contributed by atoms with Crippen molar-refractivity contribution >= 4 is 17.6 Å². The Bertz CT molecular complexity index is 738. The molecule has 0 radical (unpaired) electrons. The summed E-state index contributed by atoms with van der Waals surface area (Å²) in [6.07, 6.45) is 0. The SMILES string of the molecule is CN1CCN(C(=O)c2ccc(NC(=O)NCc3ccccc3)cc2)CC1. The van der Waals surface area contributed by atoms with E-state index in [4.69, 9.17) is 0 Å². The molecule has 2 aromatic rings. The minimum Gasteiger partial charge on any atom is -0.336 e. The van der Waals surface area contributed by atoms with Crippen LogP contribution in [-0.2, 0) is 6.54 Å². The molecule has 6 nitrogen and oxygen atoms in total. The topological polar surface area (TPSA) is 64.7 Å². The van der Waals surface area contributed by atoms with Gasteiger partial charge in [0, 0.05) is 44.0 Å². The van der Waals surface area contributed by atoms with E-state index >= 15 is 0 Å². The molecule has 0 spiro atoms. The highest BCUT2D eigenvalue weighted by atomic mass is 16.2. The zero-order valence-electron chi connectivity index (χ0n) is 14.9. The summed E-state index contributed by atoms with van der Waals surface area (Å²) in [7, 11) is 2.06. The number of likely N-dealkylation sites (N-methyl/N-ethyl adjacent to an activating group) is 1. The van der Waals surface area contributed by atoms with Crippen molar-refractivity contribution in [2.45, 2.75) is 6.54 Å². The lowest BCUT2D eigenvalue weighted by molar-refractivity contribution is 0.0664. The first-order chi connectivity index (χ1) is 12.6. The number of carbonyl (C=O) groups is 2. The Morgan fingerprint density at radius 2 is 1.58 bits per heavy atom. The van der Waals surface area contributed by atoms with Crippen LogP contribution in [0, 0.1) is 0 Å². The van der Waals surface area contributed by atoms with Crippen molar-refractivity contribution < 1.29 is 9.59 Å². The minimum absolute atomic E-state index is 0.0400. The van der Waals surface area contributed by atoms with E-state index < -0.39 is 0 Å². The number of urea groups is 1. The highest BCUT2D eigenvalue weighted by Gasteiger charge is 2.20. The van der Waals surface area contributed by atoms with E-state index in [2.05, 4.69) is 22.6 Å². The molecule has 2 N–H and O–H groups in total. The molecule has 26 heavy (non-hydrogen) atoms. The zero-order valence-corrected chi connectivity index (χ0v) is 14.9. The maximum atomic E-state index is 12.5. The van der Waals surface area contributed by atoms with E-state index in [0.717, 1.165) is 31.7 Å². The van der Waals surface area contributed by atoms with Crippen molar-refractivity contribution in [1.82, 2.24) is 15.1 Å². The average molecular weight is 352 g/mol. The van der Waals surface area contributed by atoms with Gasteiger partial charge in [0.25, 0.3) is 5.91 Å². The molecule has 136 valence electrons. The van der Waals surface area contributed by atoms with Gasteiger partial charge >= 0.3 is 6.03 Å². The lowest BCUT2D eigenvalue weighted by atomic mass is 10.1. The number of nitrogens with zero attached hydrogens (tertiary/aromatic N) is 2. The summed E-state index contributed by atoms with van der Waals surface area (Å²) in [5.41, 5.74) is 2.34. The summed E-state index contributed by atoms with van der Waals surface area (Å²) in [4.78, 5) is 28.6. The Kier molecular flexibility index (Phi) is 5.86. The number of hydrogen-bond donors (Lipinski definition) is 2. The van der Waals surface area contributed by atoms with E-state index in [1.54, 1.807) is 24.3 Å². The van der Waals surface area contributed by atoms with Gasteiger partial charge in [-0.3, -0.25) is 4.79 Å². The molecule has 1 saturated heterocycles. The molecule has 0 unspecified atom stereocenters. The first-order valence-corrected chi connectivity index (χ1v) is 8.78. The fraction of sp³-hybridized carbons (Fsp3) is 0.300. The van der Waals surface area contributed by atoms with E-state index in [1.807, 2.05) is 35.2 Å². The fourth-order valence-corrected chi connectivity index (χ4v) is 2.84. The molecule has 1 aliphatic heterocycles. The van der Waals surface area contributed by atoms with Gasteiger partial charge in [0.2, 0.25) is 0 Å². The molecular formula is C20H24N4O2. The summed E-state index contributed by atoms with van der Waals surface area (Å²) < 4.78 is 0. The van der Waals surface area contributed by atoms with E-state index in [0.29, 0.717) is 17.8 Å². The summed E-state index contributed by atoms with van der Waals surface area (Å²) in [6.45, 7) is 3.75. The first-order valence-electron chi connectivity index (χ1n) is 8.78. The largest absolute Gasteiger partial charge is 0.336 e. The number of anilines is 1. The van der Waals surface area contributed by atoms with Gasteiger partial charge in [0.15, 0.2) is 0 Å². The quantitative estimate of drug-likeness (QED) is 0.888. The van der Waals surface area contributed by atoms with Crippen molar-refractivity contribution in [2.24, 2.45) is 0 Å². The van der Waals surface area contributed by atoms with Crippen molar-refractivity contribution in [3.05, 3.63) is 65.7 Å². The number of nitrogens with one attached hydrogen (secondary N) is 2. The molecule has 0 aromatic heterocycles. The summed E-state index contributed by atoms with van der Waals surface area (Å²) in [5.74, 6) is 0.0400. The van der Waals surface area contributed by atoms with E-state index in [9.17, 15) is 9.59 Å². The Labute approximate surface area is 153 Å². The second-order valence-corrected chi connectivity index (χ2v) is 6.47. The fourth-order valence-electron chi connectivity index (χ4n) is 2.84. The smallest absolute Gasteiger partial charge is 0.319 e. The molecule has 1 aliphatic rings. The number of benzene rings is 2. The summed E-state index contributed by atoms with van der Waals surface area (Å²) in [5, 5.41) is 5.59. The molecule has 0 saturated carbocycles. The molecule has 3 amide bonds. The van der Waals surface area contributed by atoms with Gasteiger partial charge in [-0.25, -0.2) is 4.79 Å².